The van der Waals surface area contributed by atoms with Crippen LogP contribution < -0.4 is 0 Å². The molecule has 1 aromatic carbocycles. The molecule has 108 valence electrons. The molecule has 1 fully saturated rings. The zero-order chi connectivity index (χ0) is 14.5. The Labute approximate surface area is 134 Å². The molecule has 0 radical (unpaired) electrons. The zero-order valence-corrected chi connectivity index (χ0v) is 14.2. The van der Waals surface area contributed by atoms with E-state index in [1.807, 2.05) is 27.2 Å². The van der Waals surface area contributed by atoms with Crippen LogP contribution in [0.2, 0.25) is 0 Å². The van der Waals surface area contributed by atoms with E-state index in [4.69, 9.17) is 12.2 Å². The average Bonchev–Trinajstić information content (AvgIpc) is 2.66. The van der Waals surface area contributed by atoms with E-state index in [0.29, 0.717) is 26.7 Å². The molecular weight excluding hydrogens is 414 g/mol. The number of hydrogen-bond acceptors (Lipinski definition) is 3. The van der Waals surface area contributed by atoms with Crippen LogP contribution in [0.25, 0.3) is 11.0 Å². The maximum atomic E-state index is 13.8. The number of rotatable bonds is 1. The van der Waals surface area contributed by atoms with Crippen molar-refractivity contribution in [3.05, 3.63) is 26.3 Å². The number of nitrogens with zero attached hydrogens (tertiary/aromatic N) is 1. The van der Waals surface area contributed by atoms with Gasteiger partial charge in [-0.25, -0.2) is 12.8 Å². The lowest BCUT2D eigenvalue weighted by atomic mass is 10.1. The molecule has 0 saturated carbocycles. The van der Waals surface area contributed by atoms with Crippen molar-refractivity contribution in [1.82, 2.24) is 9.55 Å². The molecule has 1 aromatic heterocycles. The highest BCUT2D eigenvalue weighted by atomic mass is 127. The Morgan fingerprint density at radius 1 is 1.35 bits per heavy atom. The standard InChI is InChI=1S/C12H12FIN2O2S2/c13-8-5-11-10(6-9(8)14)15-12(19)16(11)7-1-3-20(17,18)4-2-7/h5-7H,1-4H2,(H,15,19). The van der Waals surface area contributed by atoms with Crippen LogP contribution in [0.4, 0.5) is 4.39 Å². The highest BCUT2D eigenvalue weighted by Gasteiger charge is 2.26. The van der Waals surface area contributed by atoms with Gasteiger partial charge in [-0.2, -0.15) is 0 Å². The molecule has 0 aliphatic carbocycles. The third kappa shape index (κ3) is 2.52. The van der Waals surface area contributed by atoms with Gasteiger partial charge in [0, 0.05) is 12.1 Å². The molecule has 0 bridgehead atoms. The van der Waals surface area contributed by atoms with Gasteiger partial charge in [-0.3, -0.25) is 0 Å². The third-order valence-corrected chi connectivity index (χ3v) is 6.49. The first kappa shape index (κ1) is 14.5. The van der Waals surface area contributed by atoms with E-state index < -0.39 is 9.84 Å². The fraction of sp³-hybridized carbons (Fsp3) is 0.417. The van der Waals surface area contributed by atoms with Gasteiger partial charge in [-0.05, 0) is 53.7 Å². The topological polar surface area (TPSA) is 54.9 Å². The van der Waals surface area contributed by atoms with Gasteiger partial charge in [0.25, 0.3) is 0 Å². The van der Waals surface area contributed by atoms with E-state index >= 15 is 0 Å². The first-order valence-electron chi connectivity index (χ1n) is 6.17. The fourth-order valence-electron chi connectivity index (χ4n) is 2.62. The van der Waals surface area contributed by atoms with Crippen molar-refractivity contribution in [3.63, 3.8) is 0 Å². The Kier molecular flexibility index (Phi) is 3.66. The lowest BCUT2D eigenvalue weighted by Gasteiger charge is -2.23. The molecule has 3 rings (SSSR count). The summed E-state index contributed by atoms with van der Waals surface area (Å²) in [6, 6.07) is 3.20. The third-order valence-electron chi connectivity index (χ3n) is 3.65. The summed E-state index contributed by atoms with van der Waals surface area (Å²) in [4.78, 5) is 3.07. The number of benzene rings is 1. The number of fused-ring (bicyclic) bond motifs is 1. The highest BCUT2D eigenvalue weighted by molar-refractivity contribution is 14.1. The van der Waals surface area contributed by atoms with Crippen LogP contribution in [-0.4, -0.2) is 29.5 Å². The van der Waals surface area contributed by atoms with Crippen LogP contribution in [0.1, 0.15) is 18.9 Å². The van der Waals surface area contributed by atoms with Crippen molar-refractivity contribution in [2.75, 3.05) is 11.5 Å². The SMILES string of the molecule is O=S1(=O)CCC(n2c(=S)[nH]c3cc(I)c(F)cc32)CC1. The summed E-state index contributed by atoms with van der Waals surface area (Å²) >= 11 is 7.25. The van der Waals surface area contributed by atoms with Crippen LogP contribution >= 0.6 is 34.8 Å². The molecule has 8 heteroatoms. The molecule has 2 heterocycles. The lowest BCUT2D eigenvalue weighted by molar-refractivity contribution is 0.455. The first-order valence-corrected chi connectivity index (χ1v) is 9.48. The van der Waals surface area contributed by atoms with Crippen LogP contribution in [0.5, 0.6) is 0 Å². The summed E-state index contributed by atoms with van der Waals surface area (Å²) in [5, 5.41) is 0. The predicted octanol–water partition coefficient (Wildman–Crippen LogP) is 3.19. The number of hydrogen-bond donors (Lipinski definition) is 1. The molecule has 0 amide bonds. The normalized spacial score (nSPS) is 19.5. The molecule has 20 heavy (non-hydrogen) atoms. The van der Waals surface area contributed by atoms with Gasteiger partial charge in [0.05, 0.1) is 26.1 Å². The second kappa shape index (κ2) is 5.06. The van der Waals surface area contributed by atoms with Crippen molar-refractivity contribution < 1.29 is 12.8 Å². The van der Waals surface area contributed by atoms with Gasteiger partial charge in [0.1, 0.15) is 15.7 Å². The van der Waals surface area contributed by atoms with E-state index in [2.05, 4.69) is 4.98 Å². The minimum absolute atomic E-state index is 0.0132. The molecule has 4 nitrogen and oxygen atoms in total. The largest absolute Gasteiger partial charge is 0.331 e. The number of aromatic amines is 1. The van der Waals surface area contributed by atoms with Gasteiger partial charge in [0.15, 0.2) is 4.77 Å². The van der Waals surface area contributed by atoms with Crippen molar-refractivity contribution in [2.24, 2.45) is 0 Å². The zero-order valence-electron chi connectivity index (χ0n) is 10.4. The monoisotopic (exact) mass is 426 g/mol. The lowest BCUT2D eigenvalue weighted by Crippen LogP contribution is -2.25. The quantitative estimate of drug-likeness (QED) is 0.563. The maximum Gasteiger partial charge on any atom is 0.178 e. The summed E-state index contributed by atoms with van der Waals surface area (Å²) in [5.74, 6) is 0.0436. The van der Waals surface area contributed by atoms with E-state index in [1.165, 1.54) is 6.07 Å². The molecule has 1 aliphatic heterocycles. The van der Waals surface area contributed by atoms with Crippen LogP contribution in [0.3, 0.4) is 0 Å². The van der Waals surface area contributed by atoms with E-state index in [0.717, 1.165) is 5.52 Å². The Bertz CT molecular complexity index is 827. The average molecular weight is 426 g/mol. The van der Waals surface area contributed by atoms with Crippen LogP contribution in [0, 0.1) is 14.2 Å². The number of H-pyrrole nitrogens is 1. The predicted molar refractivity (Wildman–Crippen MR) is 86.7 cm³/mol. The summed E-state index contributed by atoms with van der Waals surface area (Å²) in [6.45, 7) is 0. The number of sulfone groups is 1. The van der Waals surface area contributed by atoms with Gasteiger partial charge in [0.2, 0.25) is 0 Å². The smallest absolute Gasteiger partial charge is 0.178 e. The van der Waals surface area contributed by atoms with E-state index in [-0.39, 0.29) is 23.4 Å². The Morgan fingerprint density at radius 2 is 2.00 bits per heavy atom. The van der Waals surface area contributed by atoms with Gasteiger partial charge < -0.3 is 9.55 Å². The summed E-state index contributed by atoms with van der Waals surface area (Å²) in [7, 11) is -2.92. The van der Waals surface area contributed by atoms with Crippen molar-refractivity contribution in [1.29, 1.82) is 0 Å². The first-order chi connectivity index (χ1) is 9.37. The van der Waals surface area contributed by atoms with Gasteiger partial charge in [-0.15, -0.1) is 0 Å². The van der Waals surface area contributed by atoms with Gasteiger partial charge >= 0.3 is 0 Å². The van der Waals surface area contributed by atoms with Crippen LogP contribution in [-0.2, 0) is 9.84 Å². The molecule has 0 spiro atoms. The number of halogens is 2. The highest BCUT2D eigenvalue weighted by Crippen LogP contribution is 2.29. The summed E-state index contributed by atoms with van der Waals surface area (Å²) < 4.78 is 39.7. The molecule has 0 atom stereocenters. The number of imidazole rings is 1. The molecule has 1 aliphatic rings. The van der Waals surface area contributed by atoms with Gasteiger partial charge in [-0.1, -0.05) is 0 Å². The van der Waals surface area contributed by atoms with Crippen molar-refractivity contribution >= 4 is 55.7 Å². The summed E-state index contributed by atoms with van der Waals surface area (Å²) in [6.07, 6.45) is 1.05. The fourth-order valence-corrected chi connectivity index (χ4v) is 4.91. The second-order valence-corrected chi connectivity index (χ2v) is 8.82. The van der Waals surface area contributed by atoms with E-state index in [1.54, 1.807) is 6.07 Å². The Hall–Kier alpha value is -0.480. The molecule has 0 unspecified atom stereocenters. The van der Waals surface area contributed by atoms with Crippen LogP contribution in [0.15, 0.2) is 12.1 Å². The summed E-state index contributed by atoms with van der Waals surface area (Å²) in [5.41, 5.74) is 1.49. The minimum Gasteiger partial charge on any atom is -0.331 e. The van der Waals surface area contributed by atoms with E-state index in [9.17, 15) is 12.8 Å². The Morgan fingerprint density at radius 3 is 2.65 bits per heavy atom. The maximum absolute atomic E-state index is 13.8. The number of aromatic nitrogens is 2. The minimum atomic E-state index is -2.92. The van der Waals surface area contributed by atoms with Crippen molar-refractivity contribution in [3.8, 4) is 0 Å². The van der Waals surface area contributed by atoms with Crippen molar-refractivity contribution in [2.45, 2.75) is 18.9 Å². The number of nitrogens with one attached hydrogen (secondary N) is 1. The molecule has 1 saturated heterocycles. The molecule has 1 N–H and O–H groups in total. The second-order valence-electron chi connectivity index (χ2n) is 4.97. The Balaban J connectivity index is 2.10. The molecule has 2 aromatic rings. The molecular formula is C12H12FIN2O2S2.